The lowest BCUT2D eigenvalue weighted by atomic mass is 9.92. The Labute approximate surface area is 139 Å². The van der Waals surface area contributed by atoms with Gasteiger partial charge in [0.15, 0.2) is 5.65 Å². The van der Waals surface area contributed by atoms with E-state index in [0.29, 0.717) is 12.1 Å². The Morgan fingerprint density at radius 3 is 2.75 bits per heavy atom. The molecule has 5 nitrogen and oxygen atoms in total. The maximum atomic E-state index is 13.5. The first kappa shape index (κ1) is 15.1. The van der Waals surface area contributed by atoms with Crippen LogP contribution in [-0.2, 0) is 0 Å². The second kappa shape index (κ2) is 6.20. The van der Waals surface area contributed by atoms with Gasteiger partial charge < -0.3 is 11.1 Å². The number of imidazole rings is 1. The van der Waals surface area contributed by atoms with E-state index < -0.39 is 0 Å². The summed E-state index contributed by atoms with van der Waals surface area (Å²) in [6.07, 6.45) is 5.92. The van der Waals surface area contributed by atoms with Gasteiger partial charge in [-0.2, -0.15) is 0 Å². The van der Waals surface area contributed by atoms with Crippen LogP contribution in [0.25, 0.3) is 16.9 Å². The van der Waals surface area contributed by atoms with Crippen LogP contribution < -0.4 is 11.1 Å². The fourth-order valence-corrected chi connectivity index (χ4v) is 3.27. The van der Waals surface area contributed by atoms with Gasteiger partial charge in [0.25, 0.3) is 0 Å². The van der Waals surface area contributed by atoms with Crippen molar-refractivity contribution in [2.45, 2.75) is 37.8 Å². The summed E-state index contributed by atoms with van der Waals surface area (Å²) in [5.74, 6) is 0.536. The summed E-state index contributed by atoms with van der Waals surface area (Å²) >= 11 is 0. The first-order valence-electron chi connectivity index (χ1n) is 8.32. The average Bonchev–Trinajstić information content (AvgIpc) is 3.00. The van der Waals surface area contributed by atoms with E-state index in [-0.39, 0.29) is 5.82 Å². The lowest BCUT2D eigenvalue weighted by molar-refractivity contribution is 0.410. The van der Waals surface area contributed by atoms with Gasteiger partial charge in [-0.3, -0.25) is 0 Å². The van der Waals surface area contributed by atoms with E-state index in [2.05, 4.69) is 15.4 Å². The van der Waals surface area contributed by atoms with Crippen molar-refractivity contribution in [1.29, 1.82) is 0 Å². The van der Waals surface area contributed by atoms with E-state index in [1.807, 2.05) is 18.2 Å². The number of nitrogens with zero attached hydrogens (tertiary/aromatic N) is 3. The Morgan fingerprint density at radius 1 is 1.12 bits per heavy atom. The minimum absolute atomic E-state index is 0.268. The number of benzene rings is 1. The molecule has 0 bridgehead atoms. The zero-order valence-corrected chi connectivity index (χ0v) is 13.3. The Balaban J connectivity index is 1.63. The van der Waals surface area contributed by atoms with Crippen LogP contribution in [0.15, 0.2) is 42.6 Å². The zero-order chi connectivity index (χ0) is 16.5. The number of nitrogens with one attached hydrogen (secondary N) is 1. The highest BCUT2D eigenvalue weighted by atomic mass is 19.1. The molecule has 1 aromatic carbocycles. The number of rotatable bonds is 3. The predicted octanol–water partition coefficient (Wildman–Crippen LogP) is 3.22. The molecule has 0 aliphatic heterocycles. The molecule has 0 amide bonds. The normalized spacial score (nSPS) is 21.1. The van der Waals surface area contributed by atoms with Crippen molar-refractivity contribution in [3.05, 3.63) is 48.4 Å². The highest BCUT2D eigenvalue weighted by Crippen LogP contribution is 2.23. The van der Waals surface area contributed by atoms with Crippen molar-refractivity contribution in [3.8, 4) is 11.3 Å². The Kier molecular flexibility index (Phi) is 3.90. The molecule has 2 heterocycles. The fraction of sp³-hybridized carbons (Fsp3) is 0.333. The van der Waals surface area contributed by atoms with E-state index in [1.54, 1.807) is 16.8 Å². The third kappa shape index (κ3) is 2.97. The minimum atomic E-state index is -0.268. The molecule has 6 heteroatoms. The number of hydrogen-bond acceptors (Lipinski definition) is 4. The second-order valence-corrected chi connectivity index (χ2v) is 6.40. The summed E-state index contributed by atoms with van der Waals surface area (Å²) in [7, 11) is 0. The number of fused-ring (bicyclic) bond motifs is 1. The van der Waals surface area contributed by atoms with Gasteiger partial charge >= 0.3 is 0 Å². The minimum Gasteiger partial charge on any atom is -0.366 e. The largest absolute Gasteiger partial charge is 0.366 e. The van der Waals surface area contributed by atoms with Gasteiger partial charge in [-0.25, -0.2) is 13.9 Å². The van der Waals surface area contributed by atoms with Gasteiger partial charge in [0.2, 0.25) is 0 Å². The molecule has 24 heavy (non-hydrogen) atoms. The standard InChI is InChI=1S/C18H20FN5/c19-13-3-1-2-12(10-13)16-11-21-18-9-8-17(23-24(16)18)22-15-6-4-14(20)5-7-15/h1-3,8-11,14-15H,4-7,20H2,(H,22,23)/t14-,15-. The van der Waals surface area contributed by atoms with Gasteiger partial charge in [0.05, 0.1) is 11.9 Å². The molecular formula is C18H20FN5. The van der Waals surface area contributed by atoms with Crippen LogP contribution in [0.5, 0.6) is 0 Å². The molecule has 0 saturated heterocycles. The first-order valence-corrected chi connectivity index (χ1v) is 8.32. The number of halogens is 1. The molecule has 2 aromatic heterocycles. The van der Waals surface area contributed by atoms with Crippen LogP contribution in [0.1, 0.15) is 25.7 Å². The van der Waals surface area contributed by atoms with Gasteiger partial charge in [-0.15, -0.1) is 5.10 Å². The second-order valence-electron chi connectivity index (χ2n) is 6.40. The topological polar surface area (TPSA) is 68.2 Å². The van der Waals surface area contributed by atoms with Gasteiger partial charge in [0.1, 0.15) is 11.6 Å². The third-order valence-electron chi connectivity index (χ3n) is 4.61. The Bertz CT molecular complexity index is 851. The quantitative estimate of drug-likeness (QED) is 0.776. The van der Waals surface area contributed by atoms with Crippen LogP contribution in [0.4, 0.5) is 10.2 Å². The highest BCUT2D eigenvalue weighted by Gasteiger charge is 2.19. The van der Waals surface area contributed by atoms with E-state index in [1.165, 1.54) is 12.1 Å². The molecular weight excluding hydrogens is 305 g/mol. The smallest absolute Gasteiger partial charge is 0.154 e. The van der Waals surface area contributed by atoms with E-state index >= 15 is 0 Å². The molecule has 0 radical (unpaired) electrons. The highest BCUT2D eigenvalue weighted by molar-refractivity contribution is 5.63. The summed E-state index contributed by atoms with van der Waals surface area (Å²) in [4.78, 5) is 4.36. The van der Waals surface area contributed by atoms with Crippen molar-refractivity contribution in [2.75, 3.05) is 5.32 Å². The first-order chi connectivity index (χ1) is 11.7. The van der Waals surface area contributed by atoms with Crippen molar-refractivity contribution >= 4 is 11.5 Å². The molecule has 1 aliphatic rings. The van der Waals surface area contributed by atoms with Crippen molar-refractivity contribution in [3.63, 3.8) is 0 Å². The molecule has 124 valence electrons. The van der Waals surface area contributed by atoms with Gasteiger partial charge in [0, 0.05) is 17.6 Å². The average molecular weight is 325 g/mol. The van der Waals surface area contributed by atoms with Crippen molar-refractivity contribution < 1.29 is 4.39 Å². The number of anilines is 1. The molecule has 1 saturated carbocycles. The van der Waals surface area contributed by atoms with Crippen molar-refractivity contribution in [2.24, 2.45) is 5.73 Å². The number of nitrogens with two attached hydrogens (primary N) is 1. The van der Waals surface area contributed by atoms with Gasteiger partial charge in [-0.05, 0) is 49.9 Å². The number of aromatic nitrogens is 3. The van der Waals surface area contributed by atoms with Crippen LogP contribution in [0, 0.1) is 5.82 Å². The summed E-state index contributed by atoms with van der Waals surface area (Å²) < 4.78 is 15.3. The maximum Gasteiger partial charge on any atom is 0.154 e. The predicted molar refractivity (Wildman–Crippen MR) is 92.2 cm³/mol. The van der Waals surface area contributed by atoms with Gasteiger partial charge in [-0.1, -0.05) is 12.1 Å². The van der Waals surface area contributed by atoms with Crippen molar-refractivity contribution in [1.82, 2.24) is 14.6 Å². The molecule has 0 spiro atoms. The molecule has 1 aliphatic carbocycles. The molecule has 0 atom stereocenters. The van der Waals surface area contributed by atoms with Crippen LogP contribution in [0.3, 0.4) is 0 Å². The van der Waals surface area contributed by atoms with Crippen LogP contribution in [-0.4, -0.2) is 26.7 Å². The SMILES string of the molecule is N[C@H]1CC[C@H](Nc2ccc3ncc(-c4cccc(F)c4)n3n2)CC1. The van der Waals surface area contributed by atoms with E-state index in [0.717, 1.165) is 48.4 Å². The fourth-order valence-electron chi connectivity index (χ4n) is 3.27. The maximum absolute atomic E-state index is 13.5. The van der Waals surface area contributed by atoms with Crippen LogP contribution >= 0.6 is 0 Å². The Morgan fingerprint density at radius 2 is 1.96 bits per heavy atom. The van der Waals surface area contributed by atoms with E-state index in [4.69, 9.17) is 5.73 Å². The summed E-state index contributed by atoms with van der Waals surface area (Å²) in [5.41, 5.74) is 8.24. The zero-order valence-electron chi connectivity index (χ0n) is 13.3. The molecule has 3 N–H and O–H groups in total. The van der Waals surface area contributed by atoms with Crippen LogP contribution in [0.2, 0.25) is 0 Å². The number of hydrogen-bond donors (Lipinski definition) is 2. The van der Waals surface area contributed by atoms with E-state index in [9.17, 15) is 4.39 Å². The Hall–Kier alpha value is -2.47. The summed E-state index contributed by atoms with van der Waals surface area (Å²) in [6, 6.07) is 11.1. The summed E-state index contributed by atoms with van der Waals surface area (Å²) in [5, 5.41) is 8.13. The lowest BCUT2D eigenvalue weighted by Crippen LogP contribution is -2.33. The third-order valence-corrected chi connectivity index (χ3v) is 4.61. The molecule has 1 fully saturated rings. The molecule has 4 rings (SSSR count). The summed E-state index contributed by atoms with van der Waals surface area (Å²) in [6.45, 7) is 0. The lowest BCUT2D eigenvalue weighted by Gasteiger charge is -2.27. The molecule has 0 unspecified atom stereocenters. The molecule has 3 aromatic rings. The monoisotopic (exact) mass is 325 g/mol.